The smallest absolute Gasteiger partial charge is 0.367 e. The van der Waals surface area contributed by atoms with Gasteiger partial charge in [-0.05, 0) is 26.1 Å². The molecule has 1 aromatic carbocycles. The molecule has 0 aliphatic carbocycles. The van der Waals surface area contributed by atoms with Gasteiger partial charge in [-0.15, -0.1) is 22.7 Å². The highest BCUT2D eigenvalue weighted by Gasteiger charge is 2.13. The first-order valence-corrected chi connectivity index (χ1v) is 9.00. The molecule has 2 aromatic heterocycles. The normalized spacial score (nSPS) is 11.3. The number of ether oxygens (including phenoxy) is 1. The standard InChI is InChI=1S/C16H17N3O2S2/c1-3-21-16(20)15-17-11(10-22-15)8-19(2)9-14-18-12-6-4-5-7-13(12)23-14/h4-7,10H,3,8-9H2,1-2H3. The highest BCUT2D eigenvalue weighted by molar-refractivity contribution is 7.18. The van der Waals surface area contributed by atoms with Gasteiger partial charge in [-0.25, -0.2) is 14.8 Å². The molecule has 0 radical (unpaired) electrons. The molecule has 7 heteroatoms. The second kappa shape index (κ2) is 7.16. The molecule has 0 spiro atoms. The Hall–Kier alpha value is -1.83. The minimum Gasteiger partial charge on any atom is -0.461 e. The lowest BCUT2D eigenvalue weighted by atomic mass is 10.3. The quantitative estimate of drug-likeness (QED) is 0.638. The summed E-state index contributed by atoms with van der Waals surface area (Å²) in [6.45, 7) is 3.58. The summed E-state index contributed by atoms with van der Waals surface area (Å²) < 4.78 is 6.17. The zero-order valence-electron chi connectivity index (χ0n) is 13.0. The maximum Gasteiger partial charge on any atom is 0.367 e. The summed E-state index contributed by atoms with van der Waals surface area (Å²) in [7, 11) is 2.02. The molecule has 3 aromatic rings. The van der Waals surface area contributed by atoms with Crippen LogP contribution in [0.4, 0.5) is 0 Å². The Morgan fingerprint density at radius 3 is 2.87 bits per heavy atom. The van der Waals surface area contributed by atoms with Gasteiger partial charge in [0.1, 0.15) is 5.01 Å². The number of rotatable bonds is 6. The number of thiazole rings is 2. The zero-order valence-corrected chi connectivity index (χ0v) is 14.6. The van der Waals surface area contributed by atoms with Gasteiger partial charge in [0.2, 0.25) is 5.01 Å². The van der Waals surface area contributed by atoms with Crippen molar-refractivity contribution in [3.05, 3.63) is 45.4 Å². The molecule has 3 rings (SSSR count). The summed E-state index contributed by atoms with van der Waals surface area (Å²) in [6.07, 6.45) is 0. The molecule has 2 heterocycles. The Morgan fingerprint density at radius 1 is 1.26 bits per heavy atom. The fourth-order valence-corrected chi connectivity index (χ4v) is 3.96. The molecule has 0 aliphatic rings. The van der Waals surface area contributed by atoms with Gasteiger partial charge in [-0.1, -0.05) is 12.1 Å². The topological polar surface area (TPSA) is 55.3 Å². The largest absolute Gasteiger partial charge is 0.461 e. The van der Waals surface area contributed by atoms with Gasteiger partial charge in [0, 0.05) is 11.9 Å². The van der Waals surface area contributed by atoms with Gasteiger partial charge in [0.05, 0.1) is 29.1 Å². The second-order valence-corrected chi connectivity index (χ2v) is 7.09. The lowest BCUT2D eigenvalue weighted by Crippen LogP contribution is -2.17. The second-order valence-electron chi connectivity index (χ2n) is 5.11. The molecule has 0 aliphatic heterocycles. The lowest BCUT2D eigenvalue weighted by molar-refractivity contribution is 0.0525. The number of para-hydroxylation sites is 1. The molecule has 0 N–H and O–H groups in total. The van der Waals surface area contributed by atoms with Crippen molar-refractivity contribution in [2.75, 3.05) is 13.7 Å². The van der Waals surface area contributed by atoms with Crippen LogP contribution in [-0.2, 0) is 17.8 Å². The molecule has 0 fully saturated rings. The van der Waals surface area contributed by atoms with E-state index in [0.29, 0.717) is 18.2 Å². The first-order chi connectivity index (χ1) is 11.2. The van der Waals surface area contributed by atoms with E-state index in [1.807, 2.05) is 30.6 Å². The maximum absolute atomic E-state index is 11.6. The minimum absolute atomic E-state index is 0.349. The van der Waals surface area contributed by atoms with E-state index in [1.165, 1.54) is 16.0 Å². The van der Waals surface area contributed by atoms with Crippen molar-refractivity contribution < 1.29 is 9.53 Å². The number of esters is 1. The van der Waals surface area contributed by atoms with Crippen LogP contribution in [0.1, 0.15) is 27.4 Å². The van der Waals surface area contributed by atoms with Crippen molar-refractivity contribution >= 4 is 38.9 Å². The molecular weight excluding hydrogens is 330 g/mol. The summed E-state index contributed by atoms with van der Waals surface area (Å²) in [5.41, 5.74) is 1.92. The molecule has 23 heavy (non-hydrogen) atoms. The van der Waals surface area contributed by atoms with Gasteiger partial charge in [0.25, 0.3) is 0 Å². The summed E-state index contributed by atoms with van der Waals surface area (Å²) in [4.78, 5) is 22.8. The lowest BCUT2D eigenvalue weighted by Gasteiger charge is -2.12. The zero-order chi connectivity index (χ0) is 16.2. The van der Waals surface area contributed by atoms with E-state index in [9.17, 15) is 4.79 Å². The highest BCUT2D eigenvalue weighted by Crippen LogP contribution is 2.23. The van der Waals surface area contributed by atoms with Crippen molar-refractivity contribution in [2.45, 2.75) is 20.0 Å². The van der Waals surface area contributed by atoms with E-state index in [0.717, 1.165) is 22.8 Å². The minimum atomic E-state index is -0.349. The van der Waals surface area contributed by atoms with Crippen molar-refractivity contribution in [3.63, 3.8) is 0 Å². The van der Waals surface area contributed by atoms with Crippen molar-refractivity contribution in [2.24, 2.45) is 0 Å². The Labute approximate surface area is 142 Å². The predicted octanol–water partition coefficient (Wildman–Crippen LogP) is 3.56. The Kier molecular flexibility index (Phi) is 5.00. The van der Waals surface area contributed by atoms with Crippen molar-refractivity contribution in [3.8, 4) is 0 Å². The number of hydrogen-bond acceptors (Lipinski definition) is 7. The van der Waals surface area contributed by atoms with E-state index < -0.39 is 0 Å². The average molecular weight is 347 g/mol. The Balaban J connectivity index is 1.62. The average Bonchev–Trinajstić information content (AvgIpc) is 3.13. The van der Waals surface area contributed by atoms with Crippen LogP contribution in [0.3, 0.4) is 0 Å². The van der Waals surface area contributed by atoms with Gasteiger partial charge < -0.3 is 4.74 Å². The summed E-state index contributed by atoms with van der Waals surface area (Å²) in [6, 6.07) is 8.14. The van der Waals surface area contributed by atoms with E-state index >= 15 is 0 Å². The van der Waals surface area contributed by atoms with Gasteiger partial charge in [-0.2, -0.15) is 0 Å². The molecule has 0 atom stereocenters. The number of benzene rings is 1. The van der Waals surface area contributed by atoms with Crippen LogP contribution in [-0.4, -0.2) is 34.5 Å². The fraction of sp³-hybridized carbons (Fsp3) is 0.312. The molecule has 0 saturated carbocycles. The SMILES string of the molecule is CCOC(=O)c1nc(CN(C)Cc2nc3ccccc3s2)cs1. The van der Waals surface area contributed by atoms with Crippen molar-refractivity contribution in [1.82, 2.24) is 14.9 Å². The molecular formula is C16H17N3O2S2. The Bertz CT molecular complexity index is 779. The number of hydrogen-bond donors (Lipinski definition) is 0. The van der Waals surface area contributed by atoms with Crippen LogP contribution in [0.15, 0.2) is 29.6 Å². The molecule has 0 saturated heterocycles. The van der Waals surface area contributed by atoms with Gasteiger partial charge in [0.15, 0.2) is 0 Å². The summed E-state index contributed by atoms with van der Waals surface area (Å²) in [5, 5.41) is 3.39. The van der Waals surface area contributed by atoms with Crippen LogP contribution in [0.5, 0.6) is 0 Å². The van der Waals surface area contributed by atoms with E-state index in [2.05, 4.69) is 20.9 Å². The summed E-state index contributed by atoms with van der Waals surface area (Å²) >= 11 is 3.03. The molecule has 0 amide bonds. The van der Waals surface area contributed by atoms with E-state index in [-0.39, 0.29) is 5.97 Å². The fourth-order valence-electron chi connectivity index (χ4n) is 2.22. The van der Waals surface area contributed by atoms with Crippen LogP contribution in [0.2, 0.25) is 0 Å². The van der Waals surface area contributed by atoms with Gasteiger partial charge >= 0.3 is 5.97 Å². The highest BCUT2D eigenvalue weighted by atomic mass is 32.1. The Morgan fingerprint density at radius 2 is 2.09 bits per heavy atom. The van der Waals surface area contributed by atoms with Crippen LogP contribution < -0.4 is 0 Å². The van der Waals surface area contributed by atoms with E-state index in [4.69, 9.17) is 4.74 Å². The van der Waals surface area contributed by atoms with Gasteiger partial charge in [-0.3, -0.25) is 4.90 Å². The summed E-state index contributed by atoms with van der Waals surface area (Å²) in [5.74, 6) is -0.349. The van der Waals surface area contributed by atoms with Crippen molar-refractivity contribution in [1.29, 1.82) is 0 Å². The first-order valence-electron chi connectivity index (χ1n) is 7.30. The maximum atomic E-state index is 11.6. The number of fused-ring (bicyclic) bond motifs is 1. The van der Waals surface area contributed by atoms with Crippen LogP contribution >= 0.6 is 22.7 Å². The molecule has 5 nitrogen and oxygen atoms in total. The van der Waals surface area contributed by atoms with Crippen LogP contribution in [0, 0.1) is 0 Å². The number of carbonyl (C=O) groups is 1. The predicted molar refractivity (Wildman–Crippen MR) is 92.9 cm³/mol. The first kappa shape index (κ1) is 16.0. The van der Waals surface area contributed by atoms with Crippen LogP contribution in [0.25, 0.3) is 10.2 Å². The number of carbonyl (C=O) groups excluding carboxylic acids is 1. The molecule has 120 valence electrons. The third-order valence-corrected chi connectivity index (χ3v) is 5.07. The monoisotopic (exact) mass is 347 g/mol. The number of nitrogens with zero attached hydrogens (tertiary/aromatic N) is 3. The molecule has 0 unspecified atom stereocenters. The van der Waals surface area contributed by atoms with E-state index in [1.54, 1.807) is 18.3 Å². The number of aromatic nitrogens is 2. The molecule has 0 bridgehead atoms. The third kappa shape index (κ3) is 3.93. The third-order valence-electron chi connectivity index (χ3n) is 3.18.